The van der Waals surface area contributed by atoms with E-state index in [0.717, 1.165) is 116 Å². The van der Waals surface area contributed by atoms with Gasteiger partial charge in [-0.05, 0) is 77.6 Å². The Labute approximate surface area is 273 Å². The molecule has 3 saturated heterocycles. The molecule has 3 aliphatic heterocycles. The maximum Gasteiger partial charge on any atom is 0.309 e. The number of cyclic esters (lactones) is 1. The SMILES string of the molecule is CCCC(O)CCCCCC[C@H](O)[C@@H]1CC[C@@H]([C@@H]2CC[C@@H]([C@H](O)CCCCCCCCCCC3CC(CC(C)=O)C(=O)O3)O2)O1. The molecule has 0 aromatic rings. The summed E-state index contributed by atoms with van der Waals surface area (Å²) in [6.07, 6.45) is 22.2. The van der Waals surface area contributed by atoms with E-state index in [4.69, 9.17) is 14.2 Å². The van der Waals surface area contributed by atoms with Gasteiger partial charge < -0.3 is 34.3 Å². The van der Waals surface area contributed by atoms with Gasteiger partial charge in [0.05, 0.1) is 48.6 Å². The fourth-order valence-corrected chi connectivity index (χ4v) is 7.63. The topological polar surface area (TPSA) is 123 Å². The molecule has 3 fully saturated rings. The number of hydrogen-bond donors (Lipinski definition) is 3. The fourth-order valence-electron chi connectivity index (χ4n) is 7.63. The third-order valence-electron chi connectivity index (χ3n) is 10.3. The van der Waals surface area contributed by atoms with Gasteiger partial charge in [-0.25, -0.2) is 0 Å². The van der Waals surface area contributed by atoms with Crippen molar-refractivity contribution in [2.75, 3.05) is 0 Å². The van der Waals surface area contributed by atoms with Crippen LogP contribution in [-0.4, -0.2) is 75.9 Å². The monoisotopic (exact) mass is 638 g/mol. The number of rotatable bonds is 25. The minimum Gasteiger partial charge on any atom is -0.462 e. The van der Waals surface area contributed by atoms with Crippen LogP contribution in [-0.2, 0) is 23.8 Å². The molecular weight excluding hydrogens is 572 g/mol. The third-order valence-corrected chi connectivity index (χ3v) is 10.3. The summed E-state index contributed by atoms with van der Waals surface area (Å²) in [4.78, 5) is 23.1. The number of ether oxygens (including phenoxy) is 3. The summed E-state index contributed by atoms with van der Waals surface area (Å²) in [6, 6.07) is 0. The number of carbonyl (C=O) groups excluding carboxylic acids is 2. The van der Waals surface area contributed by atoms with Gasteiger partial charge in [0.25, 0.3) is 0 Å². The van der Waals surface area contributed by atoms with Crippen LogP contribution in [0.3, 0.4) is 0 Å². The van der Waals surface area contributed by atoms with Crippen LogP contribution in [0.1, 0.15) is 168 Å². The summed E-state index contributed by atoms with van der Waals surface area (Å²) >= 11 is 0. The molecule has 0 aliphatic carbocycles. The fraction of sp³-hybridized carbons (Fsp3) is 0.946. The molecule has 0 bridgehead atoms. The second-order valence-electron chi connectivity index (χ2n) is 14.5. The summed E-state index contributed by atoms with van der Waals surface area (Å²) in [5.41, 5.74) is 0. The number of carbonyl (C=O) groups is 2. The van der Waals surface area contributed by atoms with Crippen molar-refractivity contribution in [2.45, 2.75) is 217 Å². The van der Waals surface area contributed by atoms with Crippen LogP contribution < -0.4 is 0 Å². The summed E-state index contributed by atoms with van der Waals surface area (Å²) < 4.78 is 18.0. The van der Waals surface area contributed by atoms with Crippen molar-refractivity contribution in [2.24, 2.45) is 5.92 Å². The first-order valence-corrected chi connectivity index (χ1v) is 18.8. The van der Waals surface area contributed by atoms with Gasteiger partial charge >= 0.3 is 5.97 Å². The highest BCUT2D eigenvalue weighted by atomic mass is 16.6. The predicted molar refractivity (Wildman–Crippen MR) is 176 cm³/mol. The van der Waals surface area contributed by atoms with Gasteiger partial charge in [-0.1, -0.05) is 84.0 Å². The summed E-state index contributed by atoms with van der Waals surface area (Å²) in [5.74, 6) is -0.363. The Morgan fingerprint density at radius 1 is 0.711 bits per heavy atom. The molecule has 0 amide bonds. The molecule has 8 nitrogen and oxygen atoms in total. The average molecular weight is 639 g/mol. The van der Waals surface area contributed by atoms with E-state index in [1.165, 1.54) is 32.6 Å². The van der Waals surface area contributed by atoms with E-state index in [1.807, 2.05) is 0 Å². The van der Waals surface area contributed by atoms with Gasteiger partial charge in [0.2, 0.25) is 0 Å². The number of aliphatic hydroxyl groups excluding tert-OH is 3. The predicted octanol–water partition coefficient (Wildman–Crippen LogP) is 7.12. The second-order valence-corrected chi connectivity index (χ2v) is 14.5. The third kappa shape index (κ3) is 14.7. The van der Waals surface area contributed by atoms with Crippen molar-refractivity contribution in [3.05, 3.63) is 0 Å². The van der Waals surface area contributed by atoms with E-state index in [1.54, 1.807) is 0 Å². The highest BCUT2D eigenvalue weighted by Gasteiger charge is 2.40. The van der Waals surface area contributed by atoms with Gasteiger partial charge in [0, 0.05) is 6.42 Å². The zero-order valence-corrected chi connectivity index (χ0v) is 28.5. The van der Waals surface area contributed by atoms with Crippen LogP contribution in [0.5, 0.6) is 0 Å². The largest absolute Gasteiger partial charge is 0.462 e. The van der Waals surface area contributed by atoms with E-state index in [-0.39, 0.29) is 54.3 Å². The average Bonchev–Trinajstić information content (AvgIpc) is 3.76. The number of esters is 1. The van der Waals surface area contributed by atoms with Crippen molar-refractivity contribution in [1.82, 2.24) is 0 Å². The van der Waals surface area contributed by atoms with Gasteiger partial charge in [0.15, 0.2) is 0 Å². The number of aliphatic hydroxyl groups is 3. The molecule has 0 radical (unpaired) electrons. The first-order valence-electron chi connectivity index (χ1n) is 18.8. The highest BCUT2D eigenvalue weighted by Crippen LogP contribution is 2.35. The summed E-state index contributed by atoms with van der Waals surface area (Å²) in [7, 11) is 0. The number of hydrogen-bond acceptors (Lipinski definition) is 8. The number of Topliss-reactive ketones (excluding diaryl/α,β-unsaturated/α-hetero) is 1. The molecule has 9 atom stereocenters. The minimum absolute atomic E-state index is 0.00404. The second kappa shape index (κ2) is 21.7. The van der Waals surface area contributed by atoms with Crippen molar-refractivity contribution < 1.29 is 39.1 Å². The maximum absolute atomic E-state index is 11.9. The van der Waals surface area contributed by atoms with Crippen molar-refractivity contribution >= 4 is 11.8 Å². The highest BCUT2D eigenvalue weighted by molar-refractivity contribution is 5.83. The molecule has 0 saturated carbocycles. The Balaban J connectivity index is 1.13. The Bertz CT molecular complexity index is 820. The molecule has 3 N–H and O–H groups in total. The maximum atomic E-state index is 11.9. The Morgan fingerprint density at radius 3 is 1.71 bits per heavy atom. The summed E-state index contributed by atoms with van der Waals surface area (Å²) in [5, 5.41) is 31.3. The molecule has 45 heavy (non-hydrogen) atoms. The van der Waals surface area contributed by atoms with Crippen LogP contribution in [0.4, 0.5) is 0 Å². The zero-order chi connectivity index (χ0) is 32.4. The van der Waals surface area contributed by atoms with Gasteiger partial charge in [-0.15, -0.1) is 0 Å². The molecule has 3 unspecified atom stereocenters. The zero-order valence-electron chi connectivity index (χ0n) is 28.5. The van der Waals surface area contributed by atoms with Gasteiger partial charge in [-0.3, -0.25) is 4.79 Å². The molecule has 3 rings (SSSR count). The lowest BCUT2D eigenvalue weighted by molar-refractivity contribution is -0.145. The van der Waals surface area contributed by atoms with E-state index < -0.39 is 12.2 Å². The lowest BCUT2D eigenvalue weighted by atomic mass is 9.96. The molecule has 3 aliphatic rings. The standard InChI is InChI=1S/C37H66O8/c1-3-16-29(39)17-12-10-11-15-20-32(41)34-22-24-36(45-34)35-23-21-33(44-35)31(40)19-14-9-7-5-4-6-8-13-18-30-26-28(25-27(2)38)37(42)43-30/h28-36,39-41H,3-26H2,1-2H3/t28?,29?,30?,31-,32+,33+,34+,35+,36+/m1/s1. The number of unbranched alkanes of at least 4 members (excludes halogenated alkanes) is 10. The van der Waals surface area contributed by atoms with E-state index in [9.17, 15) is 24.9 Å². The molecule has 0 aromatic carbocycles. The lowest BCUT2D eigenvalue weighted by Gasteiger charge is -2.24. The molecular formula is C37H66O8. The van der Waals surface area contributed by atoms with Crippen molar-refractivity contribution in [1.29, 1.82) is 0 Å². The van der Waals surface area contributed by atoms with Crippen LogP contribution >= 0.6 is 0 Å². The molecule has 0 aromatic heterocycles. The molecule has 3 heterocycles. The smallest absolute Gasteiger partial charge is 0.309 e. The van der Waals surface area contributed by atoms with E-state index in [2.05, 4.69) is 6.92 Å². The quantitative estimate of drug-likeness (QED) is 0.0714. The summed E-state index contributed by atoms with van der Waals surface area (Å²) in [6.45, 7) is 3.64. The van der Waals surface area contributed by atoms with E-state index >= 15 is 0 Å². The van der Waals surface area contributed by atoms with E-state index in [0.29, 0.717) is 12.8 Å². The van der Waals surface area contributed by atoms with Gasteiger partial charge in [0.1, 0.15) is 11.9 Å². The van der Waals surface area contributed by atoms with Gasteiger partial charge in [-0.2, -0.15) is 0 Å². The van der Waals surface area contributed by atoms with Crippen molar-refractivity contribution in [3.8, 4) is 0 Å². The molecule has 262 valence electrons. The number of ketones is 1. The molecule has 0 spiro atoms. The first-order chi connectivity index (χ1) is 21.8. The van der Waals surface area contributed by atoms with Crippen LogP contribution in [0, 0.1) is 5.92 Å². The first kappa shape index (κ1) is 38.4. The van der Waals surface area contributed by atoms with Crippen LogP contribution in [0.2, 0.25) is 0 Å². The lowest BCUT2D eigenvalue weighted by Crippen LogP contribution is -2.33. The minimum atomic E-state index is -0.422. The normalized spacial score (nSPS) is 28.8. The van der Waals surface area contributed by atoms with Crippen molar-refractivity contribution in [3.63, 3.8) is 0 Å². The van der Waals surface area contributed by atoms with Crippen LogP contribution in [0.25, 0.3) is 0 Å². The van der Waals surface area contributed by atoms with Crippen LogP contribution in [0.15, 0.2) is 0 Å². The Hall–Kier alpha value is -1.06. The molecule has 8 heteroatoms. The Morgan fingerprint density at radius 2 is 1.20 bits per heavy atom. The Kier molecular flexibility index (Phi) is 18.5.